The fourth-order valence-corrected chi connectivity index (χ4v) is 3.04. The van der Waals surface area contributed by atoms with Crippen molar-refractivity contribution < 1.29 is 28.9 Å². The first kappa shape index (κ1) is 24.2. The summed E-state index contributed by atoms with van der Waals surface area (Å²) in [6.45, 7) is -0.377. The number of rotatable bonds is 9. The predicted octanol–water partition coefficient (Wildman–Crippen LogP) is 5.32. The molecule has 0 aliphatic rings. The lowest BCUT2D eigenvalue weighted by Gasteiger charge is -2.11. The van der Waals surface area contributed by atoms with Crippen molar-refractivity contribution in [1.82, 2.24) is 0 Å². The molecule has 3 aromatic rings. The van der Waals surface area contributed by atoms with Gasteiger partial charge >= 0.3 is 5.97 Å². The van der Waals surface area contributed by atoms with Crippen LogP contribution in [0.4, 0.5) is 11.4 Å². The molecule has 174 valence electrons. The van der Waals surface area contributed by atoms with Crippen molar-refractivity contribution in [2.24, 2.45) is 0 Å². The first-order valence-corrected chi connectivity index (χ1v) is 10.0. The van der Waals surface area contributed by atoms with Gasteiger partial charge in [0, 0.05) is 6.07 Å². The maximum Gasteiger partial charge on any atom is 0.349 e. The molecule has 0 aromatic heterocycles. The average Bonchev–Trinajstić information content (AvgIpc) is 2.82. The van der Waals surface area contributed by atoms with Crippen LogP contribution < -0.4 is 14.2 Å². The highest BCUT2D eigenvalue weighted by molar-refractivity contribution is 6.32. The van der Waals surface area contributed by atoms with E-state index in [4.69, 9.17) is 25.8 Å². The zero-order valence-corrected chi connectivity index (χ0v) is 18.4. The minimum absolute atomic E-state index is 0.147. The van der Waals surface area contributed by atoms with Gasteiger partial charge in [0.1, 0.15) is 5.75 Å². The third-order valence-corrected chi connectivity index (χ3v) is 4.78. The van der Waals surface area contributed by atoms with Crippen molar-refractivity contribution in [1.29, 1.82) is 0 Å². The number of hydrogen-bond donors (Lipinski definition) is 0. The van der Waals surface area contributed by atoms with Gasteiger partial charge in [-0.1, -0.05) is 35.9 Å². The van der Waals surface area contributed by atoms with Crippen molar-refractivity contribution >= 4 is 41.1 Å². The van der Waals surface area contributed by atoms with Crippen LogP contribution in [0.2, 0.25) is 5.02 Å². The summed E-state index contributed by atoms with van der Waals surface area (Å²) in [4.78, 5) is 32.9. The van der Waals surface area contributed by atoms with Crippen LogP contribution in [0.5, 0.6) is 17.2 Å². The van der Waals surface area contributed by atoms with Crippen molar-refractivity contribution in [2.75, 3.05) is 13.7 Å². The molecular formula is C23H17ClN2O8. The van der Waals surface area contributed by atoms with Gasteiger partial charge in [0.15, 0.2) is 18.1 Å². The van der Waals surface area contributed by atoms with Gasteiger partial charge in [-0.25, -0.2) is 4.79 Å². The van der Waals surface area contributed by atoms with Crippen molar-refractivity contribution in [3.8, 4) is 17.2 Å². The van der Waals surface area contributed by atoms with Crippen LogP contribution in [-0.2, 0) is 4.79 Å². The van der Waals surface area contributed by atoms with Crippen LogP contribution >= 0.6 is 11.6 Å². The molecule has 0 aliphatic carbocycles. The highest BCUT2D eigenvalue weighted by Gasteiger charge is 2.18. The Morgan fingerprint density at radius 2 is 1.71 bits per heavy atom. The van der Waals surface area contributed by atoms with E-state index in [1.165, 1.54) is 31.4 Å². The molecule has 0 aliphatic heterocycles. The van der Waals surface area contributed by atoms with Gasteiger partial charge in [0.25, 0.3) is 11.4 Å². The molecule has 0 amide bonds. The molecular weight excluding hydrogens is 468 g/mol. The van der Waals surface area contributed by atoms with Gasteiger partial charge < -0.3 is 14.2 Å². The second-order valence-corrected chi connectivity index (χ2v) is 7.10. The molecule has 0 radical (unpaired) electrons. The number of hydrogen-bond acceptors (Lipinski definition) is 8. The van der Waals surface area contributed by atoms with Gasteiger partial charge in [-0.2, -0.15) is 0 Å². The smallest absolute Gasteiger partial charge is 0.349 e. The number of nitro benzene ring substituents is 2. The summed E-state index contributed by atoms with van der Waals surface area (Å²) in [6.07, 6.45) is 3.00. The molecule has 0 unspecified atom stereocenters. The molecule has 0 N–H and O–H groups in total. The van der Waals surface area contributed by atoms with Gasteiger partial charge in [-0.05, 0) is 42.0 Å². The first-order valence-electron chi connectivity index (χ1n) is 9.65. The zero-order valence-electron chi connectivity index (χ0n) is 17.7. The third-order valence-electron chi connectivity index (χ3n) is 4.47. The largest absolute Gasteiger partial charge is 0.493 e. The van der Waals surface area contributed by atoms with E-state index in [0.717, 1.165) is 6.07 Å². The quantitative estimate of drug-likeness (QED) is 0.131. The summed E-state index contributed by atoms with van der Waals surface area (Å²) < 4.78 is 15.9. The lowest BCUT2D eigenvalue weighted by Crippen LogP contribution is -2.18. The Morgan fingerprint density at radius 1 is 0.941 bits per heavy atom. The summed E-state index contributed by atoms with van der Waals surface area (Å²) in [6, 6.07) is 14.7. The van der Waals surface area contributed by atoms with Crippen molar-refractivity contribution in [3.63, 3.8) is 0 Å². The van der Waals surface area contributed by atoms with Crippen LogP contribution in [0.3, 0.4) is 0 Å². The molecule has 0 saturated carbocycles. The van der Waals surface area contributed by atoms with Gasteiger partial charge in [-0.3, -0.25) is 20.2 Å². The first-order chi connectivity index (χ1) is 16.3. The second-order valence-electron chi connectivity index (χ2n) is 6.69. The minimum Gasteiger partial charge on any atom is -0.493 e. The Bertz CT molecular complexity index is 1280. The standard InChI is InChI=1S/C23H17ClN2O8/c1-32-22-12-15(6-8-16-9-10-17(25(28)29)13-19(16)26(30)31)7-11-21(22)34-23(27)14-33-20-5-3-2-4-18(20)24/h2-13H,14H2,1H3/b8-6+. The summed E-state index contributed by atoms with van der Waals surface area (Å²) in [5.41, 5.74) is -0.0184. The number of carbonyl (C=O) groups is 1. The van der Waals surface area contributed by atoms with Gasteiger partial charge in [-0.15, -0.1) is 0 Å². The lowest BCUT2D eigenvalue weighted by atomic mass is 10.1. The van der Waals surface area contributed by atoms with Crippen LogP contribution in [-0.4, -0.2) is 29.5 Å². The Balaban J connectivity index is 1.73. The van der Waals surface area contributed by atoms with Gasteiger partial charge in [0.05, 0.1) is 33.6 Å². The number of ether oxygens (including phenoxy) is 3. The van der Waals surface area contributed by atoms with Crippen LogP contribution in [0.25, 0.3) is 12.2 Å². The number of nitro groups is 2. The topological polar surface area (TPSA) is 131 Å². The molecule has 0 atom stereocenters. The Labute approximate surface area is 198 Å². The molecule has 0 fully saturated rings. The monoisotopic (exact) mass is 484 g/mol. The zero-order chi connectivity index (χ0) is 24.7. The Morgan fingerprint density at radius 3 is 2.38 bits per heavy atom. The van der Waals surface area contributed by atoms with Crippen LogP contribution in [0.1, 0.15) is 11.1 Å². The summed E-state index contributed by atoms with van der Waals surface area (Å²) >= 11 is 5.98. The number of esters is 1. The van der Waals surface area contributed by atoms with Crippen molar-refractivity contribution in [2.45, 2.75) is 0 Å². The molecule has 11 heteroatoms. The number of benzene rings is 3. The average molecular weight is 485 g/mol. The number of para-hydroxylation sites is 1. The van der Waals surface area contributed by atoms with E-state index in [2.05, 4.69) is 0 Å². The number of halogens is 1. The normalized spacial score (nSPS) is 10.6. The molecule has 0 bridgehead atoms. The Hall–Kier alpha value is -4.44. The van der Waals surface area contributed by atoms with E-state index >= 15 is 0 Å². The van der Waals surface area contributed by atoms with E-state index in [-0.39, 0.29) is 29.4 Å². The predicted molar refractivity (Wildman–Crippen MR) is 124 cm³/mol. The van der Waals surface area contributed by atoms with Crippen LogP contribution in [0, 0.1) is 20.2 Å². The van der Waals surface area contributed by atoms with E-state index in [1.807, 2.05) is 0 Å². The van der Waals surface area contributed by atoms with Crippen LogP contribution in [0.15, 0.2) is 60.7 Å². The van der Waals surface area contributed by atoms with E-state index in [0.29, 0.717) is 16.3 Å². The van der Waals surface area contributed by atoms with E-state index < -0.39 is 21.5 Å². The molecule has 0 saturated heterocycles. The van der Waals surface area contributed by atoms with Crippen molar-refractivity contribution in [3.05, 3.63) is 97.0 Å². The number of nitrogens with zero attached hydrogens (tertiary/aromatic N) is 2. The molecule has 34 heavy (non-hydrogen) atoms. The summed E-state index contributed by atoms with van der Waals surface area (Å²) in [5.74, 6) is 0.0529. The fourth-order valence-electron chi connectivity index (χ4n) is 2.85. The SMILES string of the molecule is COc1cc(/C=C/c2ccc([N+](=O)[O-])cc2[N+](=O)[O-])ccc1OC(=O)COc1ccccc1Cl. The fraction of sp³-hybridized carbons (Fsp3) is 0.0870. The summed E-state index contributed by atoms with van der Waals surface area (Å²) in [7, 11) is 1.39. The molecule has 3 aromatic carbocycles. The van der Waals surface area contributed by atoms with Gasteiger partial charge in [0.2, 0.25) is 0 Å². The second kappa shape index (κ2) is 10.9. The number of carbonyl (C=O) groups excluding carboxylic acids is 1. The maximum atomic E-state index is 12.2. The third kappa shape index (κ3) is 6.08. The molecule has 10 nitrogen and oxygen atoms in total. The minimum atomic E-state index is -0.704. The molecule has 3 rings (SSSR count). The highest BCUT2D eigenvalue weighted by atomic mass is 35.5. The highest BCUT2D eigenvalue weighted by Crippen LogP contribution is 2.31. The molecule has 0 spiro atoms. The maximum absolute atomic E-state index is 12.2. The Kier molecular flexibility index (Phi) is 7.78. The number of methoxy groups -OCH3 is 1. The molecule has 0 heterocycles. The number of non-ortho nitro benzene ring substituents is 1. The summed E-state index contributed by atoms with van der Waals surface area (Å²) in [5, 5.41) is 22.5. The lowest BCUT2D eigenvalue weighted by molar-refractivity contribution is -0.394. The van der Waals surface area contributed by atoms with E-state index in [9.17, 15) is 25.0 Å². The van der Waals surface area contributed by atoms with E-state index in [1.54, 1.807) is 42.5 Å².